The van der Waals surface area contributed by atoms with Gasteiger partial charge in [-0.15, -0.1) is 10.2 Å². The Morgan fingerprint density at radius 2 is 1.95 bits per heavy atom. The maximum atomic E-state index is 12.2. The van der Waals surface area contributed by atoms with Crippen molar-refractivity contribution in [1.82, 2.24) is 20.2 Å². The van der Waals surface area contributed by atoms with E-state index in [1.165, 1.54) is 17.5 Å². The third-order valence-corrected chi connectivity index (χ3v) is 3.98. The molecule has 2 heterocycles. The molecule has 0 aliphatic carbocycles. The summed E-state index contributed by atoms with van der Waals surface area (Å²) in [7, 11) is 0. The van der Waals surface area contributed by atoms with E-state index < -0.39 is 0 Å². The Labute approximate surface area is 125 Å². The molecule has 6 nitrogen and oxygen atoms in total. The Bertz CT molecular complexity index is 799. The molecule has 0 bridgehead atoms. The fourth-order valence-corrected chi connectivity index (χ4v) is 2.49. The van der Waals surface area contributed by atoms with Crippen LogP contribution in [0.15, 0.2) is 30.5 Å². The number of hydrogen-bond acceptors (Lipinski definition) is 6. The van der Waals surface area contributed by atoms with Gasteiger partial charge in [0.15, 0.2) is 0 Å². The number of amides is 1. The van der Waals surface area contributed by atoms with E-state index in [0.717, 1.165) is 10.5 Å². The largest absolute Gasteiger partial charge is 0.295 e. The number of carbonyl (C=O) groups is 1. The fraction of sp³-hybridized carbons (Fsp3) is 0.214. The first-order valence-electron chi connectivity index (χ1n) is 6.50. The van der Waals surface area contributed by atoms with Crippen LogP contribution in [0.3, 0.4) is 0 Å². The van der Waals surface area contributed by atoms with E-state index in [1.54, 1.807) is 0 Å². The number of fused-ring (bicyclic) bond motifs is 1. The van der Waals surface area contributed by atoms with Crippen molar-refractivity contribution >= 4 is 33.4 Å². The standard InChI is InChI=1S/C14H13N5OS/c1-8(2)13-18-19-14(21-13)17-12(20)11-7-15-9-5-3-4-6-10(9)16-11/h3-8H,1-2H3,(H,17,19,20). The lowest BCUT2D eigenvalue weighted by atomic mass is 10.2. The van der Waals surface area contributed by atoms with Gasteiger partial charge in [-0.05, 0) is 12.1 Å². The first-order valence-corrected chi connectivity index (χ1v) is 7.31. The predicted molar refractivity (Wildman–Crippen MR) is 81.5 cm³/mol. The Kier molecular flexibility index (Phi) is 3.57. The number of anilines is 1. The molecule has 0 fully saturated rings. The maximum Gasteiger partial charge on any atom is 0.277 e. The van der Waals surface area contributed by atoms with E-state index >= 15 is 0 Å². The summed E-state index contributed by atoms with van der Waals surface area (Å²) in [4.78, 5) is 20.7. The first kappa shape index (κ1) is 13.6. The summed E-state index contributed by atoms with van der Waals surface area (Å²) in [5, 5.41) is 12.0. The van der Waals surface area contributed by atoms with E-state index in [4.69, 9.17) is 0 Å². The third-order valence-electron chi connectivity index (χ3n) is 2.84. The topological polar surface area (TPSA) is 80.7 Å². The van der Waals surface area contributed by atoms with E-state index in [-0.39, 0.29) is 17.5 Å². The number of carbonyl (C=O) groups excluding carboxylic acids is 1. The van der Waals surface area contributed by atoms with Crippen LogP contribution in [0.1, 0.15) is 35.3 Å². The summed E-state index contributed by atoms with van der Waals surface area (Å²) in [5.41, 5.74) is 1.70. The smallest absolute Gasteiger partial charge is 0.277 e. The number of aromatic nitrogens is 4. The van der Waals surface area contributed by atoms with Crippen molar-refractivity contribution < 1.29 is 4.79 Å². The number of rotatable bonds is 3. The molecule has 21 heavy (non-hydrogen) atoms. The average Bonchev–Trinajstić information content (AvgIpc) is 2.95. The van der Waals surface area contributed by atoms with Crippen molar-refractivity contribution in [2.45, 2.75) is 19.8 Å². The lowest BCUT2D eigenvalue weighted by molar-refractivity contribution is 0.102. The van der Waals surface area contributed by atoms with Crippen molar-refractivity contribution in [1.29, 1.82) is 0 Å². The zero-order chi connectivity index (χ0) is 14.8. The zero-order valence-electron chi connectivity index (χ0n) is 11.6. The summed E-state index contributed by atoms with van der Waals surface area (Å²) in [6.45, 7) is 4.06. The summed E-state index contributed by atoms with van der Waals surface area (Å²) < 4.78 is 0. The van der Waals surface area contributed by atoms with Crippen molar-refractivity contribution in [3.8, 4) is 0 Å². The highest BCUT2D eigenvalue weighted by Gasteiger charge is 2.13. The van der Waals surface area contributed by atoms with Crippen LogP contribution in [0.25, 0.3) is 11.0 Å². The second-order valence-electron chi connectivity index (χ2n) is 4.80. The van der Waals surface area contributed by atoms with E-state index in [9.17, 15) is 4.79 Å². The van der Waals surface area contributed by atoms with Crippen LogP contribution in [-0.2, 0) is 0 Å². The SMILES string of the molecule is CC(C)c1nnc(NC(=O)c2cnc3ccccc3n2)s1. The monoisotopic (exact) mass is 299 g/mol. The highest BCUT2D eigenvalue weighted by molar-refractivity contribution is 7.15. The summed E-state index contributed by atoms with van der Waals surface area (Å²) in [6, 6.07) is 7.41. The summed E-state index contributed by atoms with van der Waals surface area (Å²) in [6.07, 6.45) is 1.46. The van der Waals surface area contributed by atoms with Gasteiger partial charge in [0, 0.05) is 5.92 Å². The highest BCUT2D eigenvalue weighted by Crippen LogP contribution is 2.22. The predicted octanol–water partition coefficient (Wildman–Crippen LogP) is 2.86. The molecule has 0 atom stereocenters. The van der Waals surface area contributed by atoms with Crippen molar-refractivity contribution in [3.05, 3.63) is 41.2 Å². The number of nitrogens with zero attached hydrogens (tertiary/aromatic N) is 4. The molecule has 1 N–H and O–H groups in total. The average molecular weight is 299 g/mol. The Morgan fingerprint density at radius 1 is 1.19 bits per heavy atom. The summed E-state index contributed by atoms with van der Waals surface area (Å²) >= 11 is 1.37. The van der Waals surface area contributed by atoms with Gasteiger partial charge in [0.1, 0.15) is 10.7 Å². The minimum absolute atomic E-state index is 0.259. The van der Waals surface area contributed by atoms with Crippen molar-refractivity contribution in [2.24, 2.45) is 0 Å². The van der Waals surface area contributed by atoms with Gasteiger partial charge in [0.25, 0.3) is 5.91 Å². The third kappa shape index (κ3) is 2.87. The molecule has 0 aliphatic rings. The van der Waals surface area contributed by atoms with Crippen molar-refractivity contribution in [3.63, 3.8) is 0 Å². The van der Waals surface area contributed by atoms with Gasteiger partial charge in [0.2, 0.25) is 5.13 Å². The molecule has 1 amide bonds. The molecule has 1 aromatic carbocycles. The number of benzene rings is 1. The minimum Gasteiger partial charge on any atom is -0.295 e. The summed E-state index contributed by atoms with van der Waals surface area (Å²) in [5.74, 6) is -0.0479. The number of nitrogens with one attached hydrogen (secondary N) is 1. The molecule has 0 radical (unpaired) electrons. The molecular weight excluding hydrogens is 286 g/mol. The fourth-order valence-electron chi connectivity index (χ4n) is 1.75. The number of hydrogen-bond donors (Lipinski definition) is 1. The van der Waals surface area contributed by atoms with Crippen LogP contribution in [-0.4, -0.2) is 26.1 Å². The Balaban J connectivity index is 1.82. The van der Waals surface area contributed by atoms with Gasteiger partial charge in [-0.25, -0.2) is 4.98 Å². The minimum atomic E-state index is -0.334. The second kappa shape index (κ2) is 5.53. The van der Waals surface area contributed by atoms with Crippen LogP contribution in [0, 0.1) is 0 Å². The highest BCUT2D eigenvalue weighted by atomic mass is 32.1. The molecule has 3 rings (SSSR count). The molecule has 106 valence electrons. The molecule has 0 unspecified atom stereocenters. The van der Waals surface area contributed by atoms with Gasteiger partial charge in [-0.2, -0.15) is 0 Å². The number of para-hydroxylation sites is 2. The van der Waals surface area contributed by atoms with Crippen LogP contribution in [0.2, 0.25) is 0 Å². The van der Waals surface area contributed by atoms with Crippen LogP contribution in [0.5, 0.6) is 0 Å². The van der Waals surface area contributed by atoms with Crippen LogP contribution >= 0.6 is 11.3 Å². The molecule has 0 saturated heterocycles. The Morgan fingerprint density at radius 3 is 2.67 bits per heavy atom. The normalized spacial score (nSPS) is 11.0. The van der Waals surface area contributed by atoms with Crippen LogP contribution < -0.4 is 5.32 Å². The zero-order valence-corrected chi connectivity index (χ0v) is 12.4. The van der Waals surface area contributed by atoms with Gasteiger partial charge in [-0.3, -0.25) is 15.1 Å². The Hall–Kier alpha value is -2.41. The molecule has 2 aromatic heterocycles. The molecular formula is C14H13N5OS. The lowest BCUT2D eigenvalue weighted by Crippen LogP contribution is -2.14. The van der Waals surface area contributed by atoms with Gasteiger partial charge in [0.05, 0.1) is 17.2 Å². The lowest BCUT2D eigenvalue weighted by Gasteiger charge is -2.01. The molecule has 0 saturated carbocycles. The second-order valence-corrected chi connectivity index (χ2v) is 5.81. The van der Waals surface area contributed by atoms with Gasteiger partial charge < -0.3 is 0 Å². The molecule has 7 heteroatoms. The molecule has 3 aromatic rings. The van der Waals surface area contributed by atoms with E-state index in [0.29, 0.717) is 10.6 Å². The van der Waals surface area contributed by atoms with E-state index in [2.05, 4.69) is 25.5 Å². The quantitative estimate of drug-likeness (QED) is 0.804. The van der Waals surface area contributed by atoms with Crippen molar-refractivity contribution in [2.75, 3.05) is 5.32 Å². The maximum absolute atomic E-state index is 12.2. The van der Waals surface area contributed by atoms with Gasteiger partial charge >= 0.3 is 0 Å². The molecule has 0 spiro atoms. The first-order chi connectivity index (χ1) is 10.1. The van der Waals surface area contributed by atoms with Crippen LogP contribution in [0.4, 0.5) is 5.13 Å². The van der Waals surface area contributed by atoms with E-state index in [1.807, 2.05) is 38.1 Å². The molecule has 0 aliphatic heterocycles. The van der Waals surface area contributed by atoms with Gasteiger partial charge in [-0.1, -0.05) is 37.3 Å².